The molecule has 1 aliphatic rings. The minimum absolute atomic E-state index is 0.110. The number of amides is 1. The fraction of sp³-hybridized carbons (Fsp3) is 0.500. The van der Waals surface area contributed by atoms with Crippen LogP contribution in [0.3, 0.4) is 0 Å². The Bertz CT molecular complexity index is 503. The third-order valence-electron chi connectivity index (χ3n) is 3.64. The quantitative estimate of drug-likeness (QED) is 0.453. The number of nitrogens with zero attached hydrogens (tertiary/aromatic N) is 2. The van der Waals surface area contributed by atoms with Gasteiger partial charge in [0.25, 0.3) is 11.6 Å². The molecular weight excluding hydrogens is 324 g/mol. The maximum atomic E-state index is 12.6. The van der Waals surface area contributed by atoms with E-state index in [2.05, 4.69) is 15.9 Å². The summed E-state index contributed by atoms with van der Waals surface area (Å²) >= 11 is 3.36. The molecule has 0 aromatic heterocycles. The normalized spacial score (nSPS) is 14.7. The molecule has 5 nitrogen and oxygen atoms in total. The molecule has 6 heteroatoms. The van der Waals surface area contributed by atoms with Crippen LogP contribution in [0.1, 0.15) is 36.0 Å². The van der Waals surface area contributed by atoms with Crippen LogP contribution in [0.4, 0.5) is 5.69 Å². The lowest BCUT2D eigenvalue weighted by atomic mass is 9.90. The second-order valence-corrected chi connectivity index (χ2v) is 5.69. The van der Waals surface area contributed by atoms with Crippen LogP contribution < -0.4 is 0 Å². The molecule has 108 valence electrons. The van der Waals surface area contributed by atoms with Gasteiger partial charge >= 0.3 is 0 Å². The van der Waals surface area contributed by atoms with Gasteiger partial charge in [0.1, 0.15) is 5.56 Å². The lowest BCUT2D eigenvalue weighted by Crippen LogP contribution is -2.45. The number of halogens is 1. The number of nitro benzene ring substituents is 1. The molecule has 1 aromatic carbocycles. The van der Waals surface area contributed by atoms with Crippen molar-refractivity contribution in [2.75, 3.05) is 11.9 Å². The first kappa shape index (κ1) is 15.0. The number of nitro groups is 1. The fourth-order valence-electron chi connectivity index (χ4n) is 2.35. The van der Waals surface area contributed by atoms with Crippen molar-refractivity contribution >= 4 is 27.5 Å². The average molecular weight is 341 g/mol. The van der Waals surface area contributed by atoms with Gasteiger partial charge in [0.05, 0.1) is 4.92 Å². The summed E-state index contributed by atoms with van der Waals surface area (Å²) in [6.07, 6.45) is 3.96. The number of rotatable bonds is 6. The van der Waals surface area contributed by atoms with E-state index in [0.29, 0.717) is 6.54 Å². The van der Waals surface area contributed by atoms with E-state index in [1.54, 1.807) is 23.1 Å². The van der Waals surface area contributed by atoms with Gasteiger partial charge in [-0.25, -0.2) is 0 Å². The van der Waals surface area contributed by atoms with Crippen molar-refractivity contribution in [1.82, 2.24) is 4.90 Å². The van der Waals surface area contributed by atoms with Crippen LogP contribution in [0.15, 0.2) is 24.3 Å². The van der Waals surface area contributed by atoms with Gasteiger partial charge in [0, 0.05) is 24.0 Å². The van der Waals surface area contributed by atoms with Gasteiger partial charge in [0.15, 0.2) is 0 Å². The Labute approximate surface area is 126 Å². The molecule has 2 rings (SSSR count). The van der Waals surface area contributed by atoms with Crippen LogP contribution in [0.25, 0.3) is 0 Å². The predicted molar refractivity (Wildman–Crippen MR) is 80.2 cm³/mol. The van der Waals surface area contributed by atoms with Crippen LogP contribution in [0.2, 0.25) is 0 Å². The molecule has 0 spiro atoms. The van der Waals surface area contributed by atoms with Crippen molar-refractivity contribution in [2.45, 2.75) is 31.7 Å². The summed E-state index contributed by atoms with van der Waals surface area (Å²) in [5.74, 6) is -0.219. The smallest absolute Gasteiger partial charge is 0.282 e. The zero-order chi connectivity index (χ0) is 14.5. The molecular formula is C14H17BrN2O3. The van der Waals surface area contributed by atoms with Crippen molar-refractivity contribution in [3.8, 4) is 0 Å². The molecule has 0 aliphatic heterocycles. The SMILES string of the molecule is O=C(c1ccccc1[N+](=O)[O-])N(CCCBr)C1CCC1. The third kappa shape index (κ3) is 3.17. The molecule has 0 heterocycles. The van der Waals surface area contributed by atoms with Gasteiger partial charge < -0.3 is 4.90 Å². The molecule has 0 bridgehead atoms. The van der Waals surface area contributed by atoms with E-state index >= 15 is 0 Å². The minimum Gasteiger partial charge on any atom is -0.335 e. The minimum atomic E-state index is -0.489. The van der Waals surface area contributed by atoms with Crippen molar-refractivity contribution in [2.24, 2.45) is 0 Å². The second kappa shape index (κ2) is 6.83. The van der Waals surface area contributed by atoms with E-state index < -0.39 is 4.92 Å². The summed E-state index contributed by atoms with van der Waals surface area (Å²) < 4.78 is 0. The van der Waals surface area contributed by atoms with Gasteiger partial charge in [-0.2, -0.15) is 0 Å². The van der Waals surface area contributed by atoms with Gasteiger partial charge in [-0.05, 0) is 31.7 Å². The Morgan fingerprint density at radius 3 is 2.65 bits per heavy atom. The molecule has 0 radical (unpaired) electrons. The number of hydrogen-bond acceptors (Lipinski definition) is 3. The molecule has 0 N–H and O–H groups in total. The molecule has 1 saturated carbocycles. The lowest BCUT2D eigenvalue weighted by molar-refractivity contribution is -0.385. The summed E-state index contributed by atoms with van der Waals surface area (Å²) in [6, 6.07) is 6.42. The van der Waals surface area contributed by atoms with Gasteiger partial charge in [-0.15, -0.1) is 0 Å². The number of hydrogen-bond donors (Lipinski definition) is 0. The van der Waals surface area contributed by atoms with E-state index in [1.807, 2.05) is 0 Å². The highest BCUT2D eigenvalue weighted by molar-refractivity contribution is 9.09. The fourth-order valence-corrected chi connectivity index (χ4v) is 2.60. The largest absolute Gasteiger partial charge is 0.335 e. The van der Waals surface area contributed by atoms with Gasteiger partial charge in [0.2, 0.25) is 0 Å². The van der Waals surface area contributed by atoms with E-state index in [1.165, 1.54) is 6.07 Å². The van der Waals surface area contributed by atoms with Crippen LogP contribution in [0, 0.1) is 10.1 Å². The Kier molecular flexibility index (Phi) is 5.11. The lowest BCUT2D eigenvalue weighted by Gasteiger charge is -2.37. The molecule has 0 saturated heterocycles. The molecule has 0 atom stereocenters. The first-order valence-corrected chi connectivity index (χ1v) is 7.87. The summed E-state index contributed by atoms with van der Waals surface area (Å²) in [6.45, 7) is 0.640. The monoisotopic (exact) mass is 340 g/mol. The van der Waals surface area contributed by atoms with Crippen molar-refractivity contribution in [3.05, 3.63) is 39.9 Å². The van der Waals surface area contributed by atoms with E-state index in [9.17, 15) is 14.9 Å². The Hall–Kier alpha value is -1.43. The van der Waals surface area contributed by atoms with E-state index in [-0.39, 0.29) is 23.2 Å². The van der Waals surface area contributed by atoms with Gasteiger partial charge in [-0.3, -0.25) is 14.9 Å². The first-order chi connectivity index (χ1) is 9.65. The number of alkyl halides is 1. The number of para-hydroxylation sites is 1. The molecule has 0 unspecified atom stereocenters. The Morgan fingerprint density at radius 2 is 2.10 bits per heavy atom. The number of carbonyl (C=O) groups is 1. The predicted octanol–water partition coefficient (Wildman–Crippen LogP) is 3.37. The maximum Gasteiger partial charge on any atom is 0.282 e. The molecule has 1 fully saturated rings. The highest BCUT2D eigenvalue weighted by Crippen LogP contribution is 2.28. The van der Waals surface area contributed by atoms with Crippen LogP contribution in [-0.2, 0) is 0 Å². The van der Waals surface area contributed by atoms with E-state index in [4.69, 9.17) is 0 Å². The zero-order valence-corrected chi connectivity index (χ0v) is 12.7. The zero-order valence-electron chi connectivity index (χ0n) is 11.1. The third-order valence-corrected chi connectivity index (χ3v) is 4.20. The summed E-state index contributed by atoms with van der Waals surface area (Å²) in [5.41, 5.74) is 0.0830. The van der Waals surface area contributed by atoms with Crippen molar-refractivity contribution in [3.63, 3.8) is 0 Å². The van der Waals surface area contributed by atoms with Gasteiger partial charge in [-0.1, -0.05) is 28.1 Å². The summed E-state index contributed by atoms with van der Waals surface area (Å²) in [4.78, 5) is 25.0. The van der Waals surface area contributed by atoms with Crippen LogP contribution >= 0.6 is 15.9 Å². The Balaban J connectivity index is 2.24. The number of benzene rings is 1. The molecule has 1 aliphatic carbocycles. The molecule has 1 amide bonds. The highest BCUT2D eigenvalue weighted by Gasteiger charge is 2.31. The number of carbonyl (C=O) groups excluding carboxylic acids is 1. The standard InChI is InChI=1S/C14H17BrN2O3/c15-9-4-10-16(11-5-3-6-11)14(18)12-7-1-2-8-13(12)17(19)20/h1-2,7-8,11H,3-6,9-10H2. The Morgan fingerprint density at radius 1 is 1.40 bits per heavy atom. The van der Waals surface area contributed by atoms with Crippen molar-refractivity contribution in [1.29, 1.82) is 0 Å². The van der Waals surface area contributed by atoms with Crippen LogP contribution in [-0.4, -0.2) is 33.6 Å². The van der Waals surface area contributed by atoms with Crippen molar-refractivity contribution < 1.29 is 9.72 Å². The van der Waals surface area contributed by atoms with Crippen LogP contribution in [0.5, 0.6) is 0 Å². The summed E-state index contributed by atoms with van der Waals surface area (Å²) in [5, 5.41) is 11.9. The molecule has 20 heavy (non-hydrogen) atoms. The average Bonchev–Trinajstić information content (AvgIpc) is 2.40. The summed E-state index contributed by atoms with van der Waals surface area (Å²) in [7, 11) is 0. The topological polar surface area (TPSA) is 63.4 Å². The van der Waals surface area contributed by atoms with E-state index in [0.717, 1.165) is 31.0 Å². The second-order valence-electron chi connectivity index (χ2n) is 4.90. The molecule has 1 aromatic rings. The first-order valence-electron chi connectivity index (χ1n) is 6.75. The highest BCUT2D eigenvalue weighted by atomic mass is 79.9. The maximum absolute atomic E-state index is 12.6.